The molecule has 0 saturated carbocycles. The monoisotopic (exact) mass is 439 g/mol. The van der Waals surface area contributed by atoms with E-state index in [4.69, 9.17) is 4.74 Å². The lowest BCUT2D eigenvalue weighted by atomic mass is 9.91. The number of carbonyl (C=O) groups excluding carboxylic acids is 2. The molecule has 2 aromatic rings. The third-order valence-electron chi connectivity index (χ3n) is 6.38. The molecule has 4 rings (SSSR count). The zero-order valence-corrected chi connectivity index (χ0v) is 19.0. The number of ether oxygens (including phenoxy) is 1. The summed E-state index contributed by atoms with van der Waals surface area (Å²) in [6, 6.07) is 8.27. The molecule has 2 aliphatic heterocycles. The number of nitrogens with zero attached hydrogens (tertiary/aromatic N) is 3. The second kappa shape index (κ2) is 10.2. The van der Waals surface area contributed by atoms with Crippen molar-refractivity contribution in [1.82, 2.24) is 25.3 Å². The number of hydrogen-bond donors (Lipinski definition) is 2. The SMILES string of the molecule is CCOC(=O)N1CCC(NC(=O)c2cnn(-c3cccc(C)c3)c2C2CCNCC2)CC1. The molecule has 0 spiro atoms. The van der Waals surface area contributed by atoms with Gasteiger partial charge >= 0.3 is 6.09 Å². The summed E-state index contributed by atoms with van der Waals surface area (Å²) in [6.07, 6.45) is 4.84. The molecule has 2 saturated heterocycles. The van der Waals surface area contributed by atoms with Gasteiger partial charge in [0.05, 0.1) is 29.7 Å². The first-order chi connectivity index (χ1) is 15.6. The van der Waals surface area contributed by atoms with Gasteiger partial charge in [-0.25, -0.2) is 9.48 Å². The number of nitrogens with one attached hydrogen (secondary N) is 2. The third-order valence-corrected chi connectivity index (χ3v) is 6.38. The average molecular weight is 440 g/mol. The Morgan fingerprint density at radius 3 is 2.62 bits per heavy atom. The first-order valence-electron chi connectivity index (χ1n) is 11.6. The standard InChI is InChI=1S/C24H33N5O3/c1-3-32-24(31)28-13-9-19(10-14-28)27-23(30)21-16-26-29(20-6-4-5-17(2)15-20)22(21)18-7-11-25-12-8-18/h4-6,15-16,18-19,25H,3,7-14H2,1-2H3,(H,27,30). The van der Waals surface area contributed by atoms with Crippen LogP contribution in [0.25, 0.3) is 5.69 Å². The molecule has 2 fully saturated rings. The van der Waals surface area contributed by atoms with Gasteiger partial charge in [0.1, 0.15) is 0 Å². The second-order valence-electron chi connectivity index (χ2n) is 8.65. The lowest BCUT2D eigenvalue weighted by molar-refractivity contribution is 0.0859. The number of carbonyl (C=O) groups is 2. The smallest absolute Gasteiger partial charge is 0.409 e. The molecule has 1 aromatic heterocycles. The quantitative estimate of drug-likeness (QED) is 0.748. The van der Waals surface area contributed by atoms with Gasteiger partial charge in [-0.3, -0.25) is 4.79 Å². The van der Waals surface area contributed by atoms with Crippen molar-refractivity contribution in [3.63, 3.8) is 0 Å². The molecule has 0 aliphatic carbocycles. The predicted molar refractivity (Wildman–Crippen MR) is 122 cm³/mol. The predicted octanol–water partition coefficient (Wildman–Crippen LogP) is 3.00. The van der Waals surface area contributed by atoms with Gasteiger partial charge in [-0.2, -0.15) is 5.10 Å². The highest BCUT2D eigenvalue weighted by Gasteiger charge is 2.29. The molecule has 3 heterocycles. The van der Waals surface area contributed by atoms with Crippen molar-refractivity contribution in [3.05, 3.63) is 47.3 Å². The Hall–Kier alpha value is -2.87. The number of benzene rings is 1. The van der Waals surface area contributed by atoms with Crippen molar-refractivity contribution < 1.29 is 14.3 Å². The zero-order chi connectivity index (χ0) is 22.5. The summed E-state index contributed by atoms with van der Waals surface area (Å²) < 4.78 is 7.03. The molecule has 2 amide bonds. The van der Waals surface area contributed by atoms with Crippen LogP contribution in [-0.4, -0.2) is 65.5 Å². The maximum absolute atomic E-state index is 13.3. The van der Waals surface area contributed by atoms with Gasteiger partial charge in [-0.1, -0.05) is 12.1 Å². The molecule has 0 bridgehead atoms. The zero-order valence-electron chi connectivity index (χ0n) is 19.0. The van der Waals surface area contributed by atoms with Crippen molar-refractivity contribution in [2.24, 2.45) is 0 Å². The minimum absolute atomic E-state index is 0.0383. The normalized spacial score (nSPS) is 17.9. The molecule has 0 radical (unpaired) electrons. The van der Waals surface area contributed by atoms with Gasteiger partial charge in [0, 0.05) is 25.0 Å². The molecule has 172 valence electrons. The molecule has 32 heavy (non-hydrogen) atoms. The topological polar surface area (TPSA) is 88.5 Å². The molecular weight excluding hydrogens is 406 g/mol. The molecule has 0 atom stereocenters. The van der Waals surface area contributed by atoms with Gasteiger partial charge in [0.15, 0.2) is 0 Å². The summed E-state index contributed by atoms with van der Waals surface area (Å²) in [7, 11) is 0. The van der Waals surface area contributed by atoms with Crippen molar-refractivity contribution >= 4 is 12.0 Å². The molecule has 8 heteroatoms. The van der Waals surface area contributed by atoms with Crippen molar-refractivity contribution in [2.45, 2.75) is 51.5 Å². The van der Waals surface area contributed by atoms with E-state index in [2.05, 4.69) is 34.8 Å². The van der Waals surface area contributed by atoms with Gasteiger partial charge < -0.3 is 20.3 Å². The van der Waals surface area contributed by atoms with E-state index >= 15 is 0 Å². The van der Waals surface area contributed by atoms with E-state index < -0.39 is 0 Å². The molecule has 2 aliphatic rings. The van der Waals surface area contributed by atoms with Crippen LogP contribution in [0.4, 0.5) is 4.79 Å². The fourth-order valence-corrected chi connectivity index (χ4v) is 4.67. The highest BCUT2D eigenvalue weighted by Crippen LogP contribution is 2.30. The summed E-state index contributed by atoms with van der Waals surface area (Å²) in [5.74, 6) is 0.206. The summed E-state index contributed by atoms with van der Waals surface area (Å²) >= 11 is 0. The van der Waals surface area contributed by atoms with Crippen molar-refractivity contribution in [1.29, 1.82) is 0 Å². The molecular formula is C24H33N5O3. The van der Waals surface area contributed by atoms with Crippen LogP contribution in [0.5, 0.6) is 0 Å². The van der Waals surface area contributed by atoms with Crippen molar-refractivity contribution in [3.8, 4) is 5.69 Å². The number of piperidine rings is 2. The van der Waals surface area contributed by atoms with Crippen LogP contribution in [0.3, 0.4) is 0 Å². The lowest BCUT2D eigenvalue weighted by Gasteiger charge is -2.31. The van der Waals surface area contributed by atoms with Gasteiger partial charge in [0.25, 0.3) is 5.91 Å². The second-order valence-corrected chi connectivity index (χ2v) is 8.65. The summed E-state index contributed by atoms with van der Waals surface area (Å²) in [6.45, 7) is 7.31. The Morgan fingerprint density at radius 2 is 1.94 bits per heavy atom. The number of rotatable bonds is 5. The Bertz CT molecular complexity index is 943. The molecule has 2 N–H and O–H groups in total. The first-order valence-corrected chi connectivity index (χ1v) is 11.6. The summed E-state index contributed by atoms with van der Waals surface area (Å²) in [5, 5.41) is 11.2. The van der Waals surface area contributed by atoms with Gasteiger partial charge in [-0.05, 0) is 70.3 Å². The van der Waals surface area contributed by atoms with Crippen molar-refractivity contribution in [2.75, 3.05) is 32.8 Å². The van der Waals surface area contributed by atoms with Crippen LogP contribution in [0.15, 0.2) is 30.5 Å². The van der Waals surface area contributed by atoms with E-state index in [-0.39, 0.29) is 24.0 Å². The highest BCUT2D eigenvalue weighted by atomic mass is 16.6. The number of amides is 2. The van der Waals surface area contributed by atoms with Crippen LogP contribution in [0, 0.1) is 6.92 Å². The fraction of sp³-hybridized carbons (Fsp3) is 0.542. The molecule has 1 aromatic carbocycles. The van der Waals surface area contributed by atoms with Crippen LogP contribution >= 0.6 is 0 Å². The Kier molecular flexibility index (Phi) is 7.09. The average Bonchev–Trinajstić information content (AvgIpc) is 3.26. The third kappa shape index (κ3) is 4.96. The Morgan fingerprint density at radius 1 is 1.19 bits per heavy atom. The largest absolute Gasteiger partial charge is 0.450 e. The van der Waals surface area contributed by atoms with Gasteiger partial charge in [0.2, 0.25) is 0 Å². The minimum Gasteiger partial charge on any atom is -0.450 e. The van der Waals surface area contributed by atoms with E-state index in [0.29, 0.717) is 25.3 Å². The van der Waals surface area contributed by atoms with Crippen LogP contribution < -0.4 is 10.6 Å². The van der Waals surface area contributed by atoms with E-state index in [0.717, 1.165) is 55.7 Å². The Labute approximate surface area is 189 Å². The number of likely N-dealkylation sites (tertiary alicyclic amines) is 1. The van der Waals surface area contributed by atoms with Crippen LogP contribution in [0.1, 0.15) is 60.1 Å². The van der Waals surface area contributed by atoms with E-state index in [9.17, 15) is 9.59 Å². The number of aromatic nitrogens is 2. The maximum atomic E-state index is 13.3. The molecule has 8 nitrogen and oxygen atoms in total. The van der Waals surface area contributed by atoms with E-state index in [1.165, 1.54) is 0 Å². The highest BCUT2D eigenvalue weighted by molar-refractivity contribution is 5.95. The van der Waals surface area contributed by atoms with E-state index in [1.54, 1.807) is 11.1 Å². The fourth-order valence-electron chi connectivity index (χ4n) is 4.67. The Balaban J connectivity index is 1.51. The van der Waals surface area contributed by atoms with Gasteiger partial charge in [-0.15, -0.1) is 0 Å². The lowest BCUT2D eigenvalue weighted by Crippen LogP contribution is -2.46. The first kappa shape index (κ1) is 22.3. The number of aryl methyl sites for hydroxylation is 1. The van der Waals surface area contributed by atoms with Crippen LogP contribution in [0.2, 0.25) is 0 Å². The summed E-state index contributed by atoms with van der Waals surface area (Å²) in [5.41, 5.74) is 3.80. The maximum Gasteiger partial charge on any atom is 0.409 e. The molecule has 0 unspecified atom stereocenters. The van der Waals surface area contributed by atoms with Crippen LogP contribution in [-0.2, 0) is 4.74 Å². The summed E-state index contributed by atoms with van der Waals surface area (Å²) in [4.78, 5) is 27.0. The minimum atomic E-state index is -0.273. The van der Waals surface area contributed by atoms with E-state index in [1.807, 2.05) is 23.7 Å². The number of hydrogen-bond acceptors (Lipinski definition) is 5.